The fourth-order valence-electron chi connectivity index (χ4n) is 3.12. The first kappa shape index (κ1) is 18.8. The van der Waals surface area contributed by atoms with Crippen molar-refractivity contribution in [1.29, 1.82) is 5.26 Å². The maximum Gasteiger partial charge on any atom is 0.264 e. The molecule has 144 valence electrons. The monoisotopic (exact) mass is 402 g/mol. The van der Waals surface area contributed by atoms with E-state index in [9.17, 15) is 4.79 Å². The second kappa shape index (κ2) is 8.25. The van der Waals surface area contributed by atoms with Crippen LogP contribution >= 0.6 is 11.8 Å². The van der Waals surface area contributed by atoms with Crippen LogP contribution < -0.4 is 10.1 Å². The Morgan fingerprint density at radius 1 is 1.24 bits per heavy atom. The molecule has 29 heavy (non-hydrogen) atoms. The number of para-hydroxylation sites is 1. The smallest absolute Gasteiger partial charge is 0.264 e. The van der Waals surface area contributed by atoms with Crippen LogP contribution in [0.3, 0.4) is 0 Å². The van der Waals surface area contributed by atoms with Crippen molar-refractivity contribution in [2.75, 3.05) is 6.61 Å². The molecule has 0 atom stereocenters. The predicted molar refractivity (Wildman–Crippen MR) is 116 cm³/mol. The Morgan fingerprint density at radius 2 is 2.03 bits per heavy atom. The number of aromatic nitrogens is 1. The third-order valence-corrected chi connectivity index (χ3v) is 5.29. The van der Waals surface area contributed by atoms with Crippen LogP contribution in [-0.2, 0) is 11.3 Å². The highest BCUT2D eigenvalue weighted by atomic mass is 32.2. The van der Waals surface area contributed by atoms with E-state index in [1.165, 1.54) is 11.8 Å². The summed E-state index contributed by atoms with van der Waals surface area (Å²) in [4.78, 5) is 17.5. The summed E-state index contributed by atoms with van der Waals surface area (Å²) in [6.07, 6.45) is 3.74. The van der Waals surface area contributed by atoms with Gasteiger partial charge in [0.05, 0.1) is 23.3 Å². The Balaban J connectivity index is 1.60. The van der Waals surface area contributed by atoms with Gasteiger partial charge in [-0.05, 0) is 55.1 Å². The second-order valence-electron chi connectivity index (χ2n) is 6.30. The molecule has 1 saturated heterocycles. The number of hydrogen-bond donors (Lipinski definition) is 1. The lowest BCUT2D eigenvalue weighted by Crippen LogP contribution is -2.19. The molecular formula is C22H18N4O2S. The zero-order valence-electron chi connectivity index (χ0n) is 15.8. The molecule has 6 nitrogen and oxygen atoms in total. The van der Waals surface area contributed by atoms with Crippen LogP contribution in [0.25, 0.3) is 17.0 Å². The Bertz CT molecular complexity index is 1170. The summed E-state index contributed by atoms with van der Waals surface area (Å²) in [6, 6.07) is 17.4. The lowest BCUT2D eigenvalue weighted by Gasteiger charge is -2.02. The Kier molecular flexibility index (Phi) is 5.36. The Morgan fingerprint density at radius 3 is 2.79 bits per heavy atom. The normalized spacial score (nSPS) is 16.3. The van der Waals surface area contributed by atoms with E-state index >= 15 is 0 Å². The fraction of sp³-hybridized carbons (Fsp3) is 0.136. The van der Waals surface area contributed by atoms with E-state index in [0.29, 0.717) is 16.7 Å². The molecule has 0 spiro atoms. The van der Waals surface area contributed by atoms with Crippen LogP contribution in [0.1, 0.15) is 12.5 Å². The Hall–Kier alpha value is -3.50. The first-order valence-corrected chi connectivity index (χ1v) is 9.97. The molecule has 1 aliphatic heterocycles. The third-order valence-electron chi connectivity index (χ3n) is 4.38. The molecule has 0 radical (unpaired) electrons. The minimum atomic E-state index is -0.184. The molecule has 0 saturated carbocycles. The molecule has 0 bridgehead atoms. The van der Waals surface area contributed by atoms with Crippen LogP contribution in [-0.4, -0.2) is 22.2 Å². The molecule has 1 N–H and O–H groups in total. The average molecular weight is 402 g/mol. The van der Waals surface area contributed by atoms with E-state index < -0.39 is 0 Å². The van der Waals surface area contributed by atoms with Gasteiger partial charge in [0, 0.05) is 22.7 Å². The van der Waals surface area contributed by atoms with E-state index in [1.807, 2.05) is 72.3 Å². The van der Waals surface area contributed by atoms with Crippen molar-refractivity contribution in [2.24, 2.45) is 4.99 Å². The van der Waals surface area contributed by atoms with Crippen LogP contribution in [0.2, 0.25) is 0 Å². The van der Waals surface area contributed by atoms with Crippen molar-refractivity contribution in [1.82, 2.24) is 9.88 Å². The summed E-state index contributed by atoms with van der Waals surface area (Å²) in [7, 11) is 0. The number of benzene rings is 2. The minimum absolute atomic E-state index is 0.184. The molecule has 1 fully saturated rings. The molecular weight excluding hydrogens is 384 g/mol. The average Bonchev–Trinajstić information content (AvgIpc) is 3.25. The van der Waals surface area contributed by atoms with Crippen LogP contribution in [0, 0.1) is 11.3 Å². The zero-order chi connectivity index (χ0) is 20.2. The number of thioether (sulfide) groups is 1. The summed E-state index contributed by atoms with van der Waals surface area (Å²) in [5, 5.41) is 13.4. The first-order valence-electron chi connectivity index (χ1n) is 9.15. The number of aliphatic imine (C=N–C) groups is 1. The minimum Gasteiger partial charge on any atom is -0.494 e. The number of nitrogens with zero attached hydrogens (tertiary/aromatic N) is 3. The van der Waals surface area contributed by atoms with Gasteiger partial charge in [-0.25, -0.2) is 4.99 Å². The van der Waals surface area contributed by atoms with Crippen molar-refractivity contribution < 1.29 is 9.53 Å². The fourth-order valence-corrected chi connectivity index (χ4v) is 3.95. The topological polar surface area (TPSA) is 79.4 Å². The lowest BCUT2D eigenvalue weighted by atomic mass is 10.1. The summed E-state index contributed by atoms with van der Waals surface area (Å²) in [5.74, 6) is 0.603. The van der Waals surface area contributed by atoms with E-state index in [4.69, 9.17) is 10.00 Å². The van der Waals surface area contributed by atoms with Gasteiger partial charge in [0.1, 0.15) is 12.3 Å². The Labute approximate surface area is 172 Å². The highest BCUT2D eigenvalue weighted by Gasteiger charge is 2.24. The maximum atomic E-state index is 12.4. The van der Waals surface area contributed by atoms with E-state index in [2.05, 4.69) is 16.4 Å². The molecule has 2 aromatic carbocycles. The molecule has 1 amide bonds. The van der Waals surface area contributed by atoms with E-state index in [1.54, 1.807) is 0 Å². The highest BCUT2D eigenvalue weighted by molar-refractivity contribution is 8.18. The molecule has 4 rings (SSSR count). The molecule has 0 unspecified atom stereocenters. The number of carbonyl (C=O) groups excluding carboxylic acids is 1. The van der Waals surface area contributed by atoms with Gasteiger partial charge in [-0.1, -0.05) is 18.2 Å². The van der Waals surface area contributed by atoms with Gasteiger partial charge in [-0.15, -0.1) is 0 Å². The number of rotatable bonds is 5. The van der Waals surface area contributed by atoms with Crippen molar-refractivity contribution in [3.63, 3.8) is 0 Å². The highest BCUT2D eigenvalue weighted by Crippen LogP contribution is 2.31. The number of nitrogens with one attached hydrogen (secondary N) is 1. The standard InChI is InChI=1S/C22H18N4O2S/c1-2-28-17-9-7-16(8-10-17)24-22-25-21(27)20(29-22)13-15-14-26(12-11-23)19-6-4-3-5-18(15)19/h3-10,13-14H,2,12H2,1H3,(H,24,25,27)/b20-13+. The number of nitriles is 1. The zero-order valence-corrected chi connectivity index (χ0v) is 16.6. The SMILES string of the molecule is CCOc1ccc(N=C2NC(=O)/C(=C\c3cn(CC#N)c4ccccc34)S2)cc1. The number of amidine groups is 1. The molecule has 0 aliphatic carbocycles. The molecule has 2 heterocycles. The largest absolute Gasteiger partial charge is 0.494 e. The molecule has 3 aromatic rings. The quantitative estimate of drug-likeness (QED) is 0.639. The molecule has 7 heteroatoms. The summed E-state index contributed by atoms with van der Waals surface area (Å²) in [6.45, 7) is 2.80. The first-order chi connectivity index (χ1) is 14.2. The summed E-state index contributed by atoms with van der Waals surface area (Å²) < 4.78 is 7.31. The van der Waals surface area contributed by atoms with Gasteiger partial charge >= 0.3 is 0 Å². The number of carbonyl (C=O) groups is 1. The van der Waals surface area contributed by atoms with Crippen LogP contribution in [0.15, 0.2) is 64.6 Å². The number of amides is 1. The van der Waals surface area contributed by atoms with Crippen LogP contribution in [0.5, 0.6) is 5.75 Å². The van der Waals surface area contributed by atoms with E-state index in [0.717, 1.165) is 27.9 Å². The molecule has 1 aliphatic rings. The molecule has 1 aromatic heterocycles. The maximum absolute atomic E-state index is 12.4. The van der Waals surface area contributed by atoms with Crippen molar-refractivity contribution in [3.8, 4) is 11.8 Å². The van der Waals surface area contributed by atoms with Crippen molar-refractivity contribution in [2.45, 2.75) is 13.5 Å². The van der Waals surface area contributed by atoms with Gasteiger partial charge in [0.2, 0.25) is 0 Å². The predicted octanol–water partition coefficient (Wildman–Crippen LogP) is 4.46. The van der Waals surface area contributed by atoms with Gasteiger partial charge in [-0.2, -0.15) is 5.26 Å². The van der Waals surface area contributed by atoms with Gasteiger partial charge < -0.3 is 14.6 Å². The second-order valence-corrected chi connectivity index (χ2v) is 7.33. The van der Waals surface area contributed by atoms with Gasteiger partial charge in [0.25, 0.3) is 5.91 Å². The number of hydrogen-bond acceptors (Lipinski definition) is 5. The third kappa shape index (κ3) is 4.03. The lowest BCUT2D eigenvalue weighted by molar-refractivity contribution is -0.115. The number of fused-ring (bicyclic) bond motifs is 1. The van der Waals surface area contributed by atoms with E-state index in [-0.39, 0.29) is 12.5 Å². The van der Waals surface area contributed by atoms with Crippen molar-refractivity contribution in [3.05, 3.63) is 65.2 Å². The van der Waals surface area contributed by atoms with Crippen molar-refractivity contribution >= 4 is 45.5 Å². The van der Waals surface area contributed by atoms with Gasteiger partial charge in [0.15, 0.2) is 5.17 Å². The summed E-state index contributed by atoms with van der Waals surface area (Å²) in [5.41, 5.74) is 2.60. The number of ether oxygens (including phenoxy) is 1. The summed E-state index contributed by atoms with van der Waals surface area (Å²) >= 11 is 1.30. The van der Waals surface area contributed by atoms with Gasteiger partial charge in [-0.3, -0.25) is 4.79 Å². The van der Waals surface area contributed by atoms with Crippen LogP contribution in [0.4, 0.5) is 5.69 Å².